The van der Waals surface area contributed by atoms with Gasteiger partial charge in [-0.1, -0.05) is 15.9 Å². The van der Waals surface area contributed by atoms with Gasteiger partial charge in [-0.05, 0) is 35.5 Å². The fourth-order valence-electron chi connectivity index (χ4n) is 1.80. The Balaban J connectivity index is 1.87. The molecule has 2 aliphatic rings. The number of ether oxygens (including phenoxy) is 2. The lowest BCUT2D eigenvalue weighted by atomic mass is 10.2. The van der Waals surface area contributed by atoms with E-state index < -0.39 is 0 Å². The zero-order valence-electron chi connectivity index (χ0n) is 10.8. The summed E-state index contributed by atoms with van der Waals surface area (Å²) in [4.78, 5) is 27.0. The lowest BCUT2D eigenvalue weighted by Crippen LogP contribution is -2.23. The van der Waals surface area contributed by atoms with Crippen molar-refractivity contribution in [2.75, 3.05) is 6.79 Å². The fraction of sp³-hybridized carbons (Fsp3) is 0.154. The SMILES string of the molecule is CC(=O)NC1=NC(=O)/C(=C/c2cc3c(cc2Br)OCO3)S1. The van der Waals surface area contributed by atoms with E-state index in [0.29, 0.717) is 16.4 Å². The van der Waals surface area contributed by atoms with E-state index >= 15 is 0 Å². The lowest BCUT2D eigenvalue weighted by Gasteiger charge is -2.03. The van der Waals surface area contributed by atoms with E-state index in [9.17, 15) is 9.59 Å². The smallest absolute Gasteiger partial charge is 0.286 e. The zero-order valence-corrected chi connectivity index (χ0v) is 13.2. The van der Waals surface area contributed by atoms with Crippen LogP contribution in [0.2, 0.25) is 0 Å². The molecule has 0 atom stereocenters. The number of amidine groups is 1. The molecule has 1 aromatic carbocycles. The van der Waals surface area contributed by atoms with E-state index in [1.165, 1.54) is 6.92 Å². The van der Waals surface area contributed by atoms with Gasteiger partial charge >= 0.3 is 0 Å². The van der Waals surface area contributed by atoms with Crippen molar-refractivity contribution < 1.29 is 19.1 Å². The molecule has 2 heterocycles. The maximum Gasteiger partial charge on any atom is 0.286 e. The molecule has 0 radical (unpaired) electrons. The van der Waals surface area contributed by atoms with E-state index in [4.69, 9.17) is 9.47 Å². The van der Waals surface area contributed by atoms with Crippen molar-refractivity contribution >= 4 is 50.7 Å². The molecule has 1 N–H and O–H groups in total. The van der Waals surface area contributed by atoms with Crippen LogP contribution in [0.15, 0.2) is 26.5 Å². The molecule has 0 spiro atoms. The molecule has 2 aliphatic heterocycles. The molecule has 3 rings (SSSR count). The summed E-state index contributed by atoms with van der Waals surface area (Å²) < 4.78 is 11.4. The Morgan fingerprint density at radius 1 is 1.43 bits per heavy atom. The Bertz CT molecular complexity index is 714. The number of thioether (sulfide) groups is 1. The first-order valence-corrected chi connectivity index (χ1v) is 7.53. The number of benzene rings is 1. The van der Waals surface area contributed by atoms with Crippen LogP contribution in [0.25, 0.3) is 6.08 Å². The summed E-state index contributed by atoms with van der Waals surface area (Å²) in [6.45, 7) is 1.55. The van der Waals surface area contributed by atoms with Crippen LogP contribution in [0.3, 0.4) is 0 Å². The normalized spacial score (nSPS) is 18.1. The highest BCUT2D eigenvalue weighted by molar-refractivity contribution is 9.10. The van der Waals surface area contributed by atoms with E-state index in [1.54, 1.807) is 18.2 Å². The van der Waals surface area contributed by atoms with E-state index in [0.717, 1.165) is 21.8 Å². The Morgan fingerprint density at radius 3 is 2.86 bits per heavy atom. The highest BCUT2D eigenvalue weighted by Gasteiger charge is 2.23. The van der Waals surface area contributed by atoms with Gasteiger partial charge in [0, 0.05) is 11.4 Å². The Labute approximate surface area is 132 Å². The van der Waals surface area contributed by atoms with Gasteiger partial charge in [0.25, 0.3) is 5.91 Å². The van der Waals surface area contributed by atoms with Gasteiger partial charge in [-0.3, -0.25) is 9.59 Å². The number of amides is 2. The van der Waals surface area contributed by atoms with Crippen LogP contribution >= 0.6 is 27.7 Å². The van der Waals surface area contributed by atoms with Crippen LogP contribution in [0.4, 0.5) is 0 Å². The van der Waals surface area contributed by atoms with Gasteiger partial charge in [-0.25, -0.2) is 0 Å². The highest BCUT2D eigenvalue weighted by atomic mass is 79.9. The van der Waals surface area contributed by atoms with Crippen molar-refractivity contribution in [2.24, 2.45) is 4.99 Å². The van der Waals surface area contributed by atoms with Gasteiger partial charge in [-0.2, -0.15) is 4.99 Å². The molecule has 0 saturated carbocycles. The van der Waals surface area contributed by atoms with E-state index in [2.05, 4.69) is 26.2 Å². The molecule has 21 heavy (non-hydrogen) atoms. The van der Waals surface area contributed by atoms with Crippen LogP contribution in [0.5, 0.6) is 11.5 Å². The lowest BCUT2D eigenvalue weighted by molar-refractivity contribution is -0.117. The third-order valence-corrected chi connectivity index (χ3v) is 4.27. The average Bonchev–Trinajstić information content (AvgIpc) is 2.96. The molecule has 1 aromatic rings. The summed E-state index contributed by atoms with van der Waals surface area (Å²) in [7, 11) is 0. The predicted molar refractivity (Wildman–Crippen MR) is 82.1 cm³/mol. The van der Waals surface area contributed by atoms with Crippen molar-refractivity contribution in [1.29, 1.82) is 0 Å². The second-order valence-corrected chi connectivity index (χ2v) is 6.13. The van der Waals surface area contributed by atoms with Gasteiger partial charge < -0.3 is 14.8 Å². The number of halogens is 1. The first-order chi connectivity index (χ1) is 10.0. The predicted octanol–water partition coefficient (Wildman–Crippen LogP) is 2.28. The maximum atomic E-state index is 11.8. The second-order valence-electron chi connectivity index (χ2n) is 4.24. The Hall–Kier alpha value is -1.80. The quantitative estimate of drug-likeness (QED) is 0.769. The number of carbonyl (C=O) groups is 2. The molecule has 0 aromatic heterocycles. The monoisotopic (exact) mass is 368 g/mol. The van der Waals surface area contributed by atoms with Crippen molar-refractivity contribution in [2.45, 2.75) is 6.92 Å². The van der Waals surface area contributed by atoms with E-state index in [-0.39, 0.29) is 23.8 Å². The number of rotatable bonds is 1. The standard InChI is InChI=1S/C13H9BrN2O4S/c1-6(17)15-13-16-12(18)11(21-13)3-7-2-9-10(4-8(7)14)20-5-19-9/h2-4H,5H2,1H3,(H,15,16,17,18)/b11-3-. The second kappa shape index (κ2) is 5.53. The van der Waals surface area contributed by atoms with Crippen molar-refractivity contribution in [3.63, 3.8) is 0 Å². The molecule has 6 nitrogen and oxygen atoms in total. The Kier molecular flexibility index (Phi) is 3.73. The number of fused-ring (bicyclic) bond motifs is 1. The minimum Gasteiger partial charge on any atom is -0.454 e. The highest BCUT2D eigenvalue weighted by Crippen LogP contribution is 2.39. The van der Waals surface area contributed by atoms with Gasteiger partial charge in [0.05, 0.1) is 4.91 Å². The summed E-state index contributed by atoms with van der Waals surface area (Å²) in [5.74, 6) is 0.640. The Morgan fingerprint density at radius 2 is 2.14 bits per heavy atom. The molecule has 0 bridgehead atoms. The number of hydrogen-bond acceptors (Lipinski definition) is 5. The third-order valence-electron chi connectivity index (χ3n) is 2.68. The van der Waals surface area contributed by atoms with Gasteiger partial charge in [-0.15, -0.1) is 0 Å². The molecule has 0 fully saturated rings. The van der Waals surface area contributed by atoms with Crippen molar-refractivity contribution in [3.05, 3.63) is 27.1 Å². The number of hydrogen-bond donors (Lipinski definition) is 1. The van der Waals surface area contributed by atoms with Gasteiger partial charge in [0.2, 0.25) is 12.7 Å². The summed E-state index contributed by atoms with van der Waals surface area (Å²) in [6, 6.07) is 3.57. The van der Waals surface area contributed by atoms with E-state index in [1.807, 2.05) is 0 Å². The van der Waals surface area contributed by atoms with Crippen LogP contribution in [0.1, 0.15) is 12.5 Å². The van der Waals surface area contributed by atoms with Crippen LogP contribution in [-0.4, -0.2) is 23.8 Å². The number of aliphatic imine (C=N–C) groups is 1. The maximum absolute atomic E-state index is 11.8. The minimum atomic E-state index is -0.381. The summed E-state index contributed by atoms with van der Waals surface area (Å²) in [5.41, 5.74) is 0.773. The first-order valence-electron chi connectivity index (χ1n) is 5.92. The van der Waals surface area contributed by atoms with Crippen LogP contribution < -0.4 is 14.8 Å². The molecule has 0 saturated heterocycles. The molecular weight excluding hydrogens is 360 g/mol. The van der Waals surface area contributed by atoms with Gasteiger partial charge in [0.1, 0.15) is 0 Å². The van der Waals surface area contributed by atoms with Crippen LogP contribution in [-0.2, 0) is 9.59 Å². The largest absolute Gasteiger partial charge is 0.454 e. The topological polar surface area (TPSA) is 77.0 Å². The first kappa shape index (κ1) is 14.2. The van der Waals surface area contributed by atoms with Crippen LogP contribution in [0, 0.1) is 0 Å². The van der Waals surface area contributed by atoms with Crippen molar-refractivity contribution in [3.8, 4) is 11.5 Å². The summed E-state index contributed by atoms with van der Waals surface area (Å²) in [5, 5.41) is 2.79. The fourth-order valence-corrected chi connectivity index (χ4v) is 3.09. The molecule has 0 aliphatic carbocycles. The zero-order chi connectivity index (χ0) is 15.0. The molecule has 2 amide bonds. The minimum absolute atomic E-state index is 0.186. The summed E-state index contributed by atoms with van der Waals surface area (Å²) >= 11 is 4.55. The average molecular weight is 369 g/mol. The van der Waals surface area contributed by atoms with Crippen molar-refractivity contribution in [1.82, 2.24) is 5.32 Å². The molecule has 8 heteroatoms. The number of nitrogens with one attached hydrogen (secondary N) is 1. The molecule has 108 valence electrons. The summed E-state index contributed by atoms with van der Waals surface area (Å²) in [6.07, 6.45) is 1.69. The molecular formula is C13H9BrN2O4S. The number of nitrogens with zero attached hydrogens (tertiary/aromatic N) is 1. The third kappa shape index (κ3) is 2.96. The molecule has 0 unspecified atom stereocenters. The van der Waals surface area contributed by atoms with Gasteiger partial charge in [0.15, 0.2) is 16.7 Å². The number of carbonyl (C=O) groups excluding carboxylic acids is 2.